The molecular formula is C16H21N3O. The molecule has 4 heteroatoms. The number of nitrogens with zero attached hydrogens (tertiary/aromatic N) is 1. The third-order valence-electron chi connectivity index (χ3n) is 4.14. The van der Waals surface area contributed by atoms with Crippen LogP contribution in [0.3, 0.4) is 0 Å². The molecule has 2 N–H and O–H groups in total. The number of carbonyl (C=O) groups is 1. The van der Waals surface area contributed by atoms with Crippen LogP contribution in [-0.4, -0.2) is 19.0 Å². The van der Waals surface area contributed by atoms with Gasteiger partial charge < -0.3 is 10.6 Å². The second kappa shape index (κ2) is 6.06. The number of piperidine rings is 1. The number of carbonyl (C=O) groups excluding carboxylic acids is 1. The molecule has 106 valence electrons. The standard InChI is InChI=1S/C16H21N3O/c1-12(14-5-3-13(11-17)4-6-14)19-15(20)16(2)7-9-18-10-8-16/h3-6,12,18H,7-10H2,1-2H3,(H,19,20). The molecule has 1 unspecified atom stereocenters. The molecule has 0 aromatic heterocycles. The van der Waals surface area contributed by atoms with Gasteiger partial charge in [0.05, 0.1) is 17.7 Å². The number of nitriles is 1. The van der Waals surface area contributed by atoms with E-state index in [1.165, 1.54) is 0 Å². The first-order chi connectivity index (χ1) is 9.55. The summed E-state index contributed by atoms with van der Waals surface area (Å²) in [5.41, 5.74) is 1.39. The molecule has 2 rings (SSSR count). The normalized spacial score (nSPS) is 18.9. The highest BCUT2D eigenvalue weighted by molar-refractivity contribution is 5.82. The number of benzene rings is 1. The van der Waals surface area contributed by atoms with Gasteiger partial charge in [0.2, 0.25) is 5.91 Å². The van der Waals surface area contributed by atoms with E-state index in [1.807, 2.05) is 26.0 Å². The predicted molar refractivity (Wildman–Crippen MR) is 77.9 cm³/mol. The lowest BCUT2D eigenvalue weighted by Crippen LogP contribution is -2.46. The Morgan fingerprint density at radius 1 is 1.35 bits per heavy atom. The zero-order valence-corrected chi connectivity index (χ0v) is 12.1. The number of hydrogen-bond acceptors (Lipinski definition) is 3. The maximum Gasteiger partial charge on any atom is 0.226 e. The third-order valence-corrected chi connectivity index (χ3v) is 4.14. The molecule has 1 atom stereocenters. The van der Waals surface area contributed by atoms with E-state index in [-0.39, 0.29) is 17.4 Å². The van der Waals surface area contributed by atoms with E-state index in [0.717, 1.165) is 31.5 Å². The molecule has 0 bridgehead atoms. The van der Waals surface area contributed by atoms with Gasteiger partial charge in [0.15, 0.2) is 0 Å². The summed E-state index contributed by atoms with van der Waals surface area (Å²) in [7, 11) is 0. The second-order valence-corrected chi connectivity index (χ2v) is 5.74. The Hall–Kier alpha value is -1.86. The molecule has 1 aliphatic rings. The first kappa shape index (κ1) is 14.5. The lowest BCUT2D eigenvalue weighted by molar-refractivity contribution is -0.132. The fraction of sp³-hybridized carbons (Fsp3) is 0.500. The van der Waals surface area contributed by atoms with E-state index in [1.54, 1.807) is 12.1 Å². The van der Waals surface area contributed by atoms with Crippen molar-refractivity contribution >= 4 is 5.91 Å². The molecule has 1 heterocycles. The first-order valence-electron chi connectivity index (χ1n) is 7.07. The van der Waals surface area contributed by atoms with Gasteiger partial charge in [-0.15, -0.1) is 0 Å². The summed E-state index contributed by atoms with van der Waals surface area (Å²) in [5, 5.41) is 15.2. The molecule has 4 nitrogen and oxygen atoms in total. The van der Waals surface area contributed by atoms with Gasteiger partial charge >= 0.3 is 0 Å². The highest BCUT2D eigenvalue weighted by atomic mass is 16.2. The Morgan fingerprint density at radius 2 is 1.95 bits per heavy atom. The van der Waals surface area contributed by atoms with Gasteiger partial charge in [0, 0.05) is 5.41 Å². The summed E-state index contributed by atoms with van der Waals surface area (Å²) >= 11 is 0. The third kappa shape index (κ3) is 3.17. The van der Waals surface area contributed by atoms with Gasteiger partial charge in [-0.3, -0.25) is 4.79 Å². The lowest BCUT2D eigenvalue weighted by atomic mass is 9.80. The van der Waals surface area contributed by atoms with Crippen molar-refractivity contribution in [2.24, 2.45) is 5.41 Å². The largest absolute Gasteiger partial charge is 0.349 e. The van der Waals surface area contributed by atoms with Crippen molar-refractivity contribution in [3.63, 3.8) is 0 Å². The molecule has 1 aliphatic heterocycles. The molecule has 0 radical (unpaired) electrons. The Morgan fingerprint density at radius 3 is 2.50 bits per heavy atom. The molecule has 1 aromatic carbocycles. The summed E-state index contributed by atoms with van der Waals surface area (Å²) in [4.78, 5) is 12.4. The molecule has 1 fully saturated rings. The number of rotatable bonds is 3. The van der Waals surface area contributed by atoms with E-state index in [4.69, 9.17) is 5.26 Å². The van der Waals surface area contributed by atoms with Crippen molar-refractivity contribution in [2.45, 2.75) is 32.7 Å². The van der Waals surface area contributed by atoms with Crippen LogP contribution in [0.2, 0.25) is 0 Å². The molecule has 0 spiro atoms. The summed E-state index contributed by atoms with van der Waals surface area (Å²) in [5.74, 6) is 0.121. The summed E-state index contributed by atoms with van der Waals surface area (Å²) < 4.78 is 0. The molecule has 1 saturated heterocycles. The van der Waals surface area contributed by atoms with E-state index in [0.29, 0.717) is 5.56 Å². The first-order valence-corrected chi connectivity index (χ1v) is 7.07. The fourth-order valence-electron chi connectivity index (χ4n) is 2.51. The van der Waals surface area contributed by atoms with E-state index >= 15 is 0 Å². The van der Waals surface area contributed by atoms with E-state index in [9.17, 15) is 4.79 Å². The van der Waals surface area contributed by atoms with E-state index in [2.05, 4.69) is 16.7 Å². The van der Waals surface area contributed by atoms with Gasteiger partial charge in [-0.1, -0.05) is 19.1 Å². The van der Waals surface area contributed by atoms with Crippen molar-refractivity contribution < 1.29 is 4.79 Å². The minimum Gasteiger partial charge on any atom is -0.349 e. The topological polar surface area (TPSA) is 64.9 Å². The Bertz CT molecular complexity index is 510. The molecular weight excluding hydrogens is 250 g/mol. The van der Waals surface area contributed by atoms with Crippen LogP contribution in [0.15, 0.2) is 24.3 Å². The van der Waals surface area contributed by atoms with Crippen molar-refractivity contribution in [2.75, 3.05) is 13.1 Å². The minimum absolute atomic E-state index is 0.0399. The smallest absolute Gasteiger partial charge is 0.226 e. The van der Waals surface area contributed by atoms with Crippen molar-refractivity contribution in [3.8, 4) is 6.07 Å². The van der Waals surface area contributed by atoms with Gasteiger partial charge in [0.1, 0.15) is 0 Å². The number of hydrogen-bond donors (Lipinski definition) is 2. The molecule has 1 aromatic rings. The number of amides is 1. The average Bonchev–Trinajstić information content (AvgIpc) is 2.48. The molecule has 1 amide bonds. The highest BCUT2D eigenvalue weighted by Gasteiger charge is 2.35. The lowest BCUT2D eigenvalue weighted by Gasteiger charge is -2.33. The molecule has 20 heavy (non-hydrogen) atoms. The van der Waals surface area contributed by atoms with Crippen LogP contribution >= 0.6 is 0 Å². The van der Waals surface area contributed by atoms with Gasteiger partial charge in [-0.2, -0.15) is 5.26 Å². The highest BCUT2D eigenvalue weighted by Crippen LogP contribution is 2.29. The zero-order valence-electron chi connectivity index (χ0n) is 12.1. The second-order valence-electron chi connectivity index (χ2n) is 5.74. The van der Waals surface area contributed by atoms with Gasteiger partial charge in [-0.25, -0.2) is 0 Å². The van der Waals surface area contributed by atoms with Crippen molar-refractivity contribution in [3.05, 3.63) is 35.4 Å². The van der Waals surface area contributed by atoms with Crippen molar-refractivity contribution in [1.82, 2.24) is 10.6 Å². The monoisotopic (exact) mass is 271 g/mol. The van der Waals surface area contributed by atoms with Gasteiger partial charge in [-0.05, 0) is 50.6 Å². The van der Waals surface area contributed by atoms with Crippen LogP contribution in [-0.2, 0) is 4.79 Å². The van der Waals surface area contributed by atoms with Crippen LogP contribution in [0, 0.1) is 16.7 Å². The quantitative estimate of drug-likeness (QED) is 0.885. The zero-order chi connectivity index (χ0) is 14.6. The van der Waals surface area contributed by atoms with E-state index < -0.39 is 0 Å². The average molecular weight is 271 g/mol. The van der Waals surface area contributed by atoms with Crippen LogP contribution in [0.4, 0.5) is 0 Å². The Kier molecular flexibility index (Phi) is 4.41. The van der Waals surface area contributed by atoms with Crippen LogP contribution in [0.1, 0.15) is 43.9 Å². The Balaban J connectivity index is 2.01. The van der Waals surface area contributed by atoms with Crippen molar-refractivity contribution in [1.29, 1.82) is 5.26 Å². The predicted octanol–water partition coefficient (Wildman–Crippen LogP) is 2.13. The van der Waals surface area contributed by atoms with Crippen LogP contribution in [0.5, 0.6) is 0 Å². The maximum atomic E-state index is 12.4. The van der Waals surface area contributed by atoms with Crippen LogP contribution < -0.4 is 10.6 Å². The SMILES string of the molecule is CC(NC(=O)C1(C)CCNCC1)c1ccc(C#N)cc1. The molecule has 0 aliphatic carbocycles. The summed E-state index contributed by atoms with van der Waals surface area (Å²) in [6.45, 7) is 5.81. The fourth-order valence-corrected chi connectivity index (χ4v) is 2.51. The summed E-state index contributed by atoms with van der Waals surface area (Å²) in [6.07, 6.45) is 1.75. The van der Waals surface area contributed by atoms with Crippen LogP contribution in [0.25, 0.3) is 0 Å². The van der Waals surface area contributed by atoms with Gasteiger partial charge in [0.25, 0.3) is 0 Å². The minimum atomic E-state index is -0.272. The summed E-state index contributed by atoms with van der Waals surface area (Å²) in [6, 6.07) is 9.42. The molecule has 0 saturated carbocycles. The Labute approximate surface area is 120 Å². The maximum absolute atomic E-state index is 12.4. The number of nitrogens with one attached hydrogen (secondary N) is 2.